The van der Waals surface area contributed by atoms with Gasteiger partial charge in [0.05, 0.1) is 0 Å². The second kappa shape index (κ2) is 22.9. The Balaban J connectivity index is 0.000000166. The molecule has 2 saturated carbocycles. The van der Waals surface area contributed by atoms with E-state index in [0.717, 1.165) is 62.6 Å². The maximum absolute atomic E-state index is 13.0. The van der Waals surface area contributed by atoms with Crippen molar-refractivity contribution in [1.29, 1.82) is 0 Å². The molecule has 1 N–H and O–H groups in total. The summed E-state index contributed by atoms with van der Waals surface area (Å²) in [5.74, 6) is 2.48. The maximum atomic E-state index is 13.0. The number of rotatable bonds is 8. The molecule has 0 radical (unpaired) electrons. The quantitative estimate of drug-likeness (QED) is 0.177. The van der Waals surface area contributed by atoms with Crippen LogP contribution < -0.4 is 5.32 Å². The monoisotopic (exact) mass is 798 g/mol. The first-order chi connectivity index (χ1) is 28.8. The number of piperidine rings is 2. The number of ketones is 2. The molecule has 2 heterocycles. The molecule has 4 aromatic rings. The summed E-state index contributed by atoms with van der Waals surface area (Å²) in [6, 6.07) is 41.4. The number of carbonyl (C=O) groups excluding carboxylic acids is 4. The van der Waals surface area contributed by atoms with Crippen molar-refractivity contribution in [3.63, 3.8) is 0 Å². The van der Waals surface area contributed by atoms with Crippen molar-refractivity contribution in [2.45, 2.75) is 121 Å². The van der Waals surface area contributed by atoms with Crippen LogP contribution in [0.4, 0.5) is 4.79 Å². The molecule has 0 aromatic heterocycles. The van der Waals surface area contributed by atoms with Crippen molar-refractivity contribution in [1.82, 2.24) is 10.2 Å². The summed E-state index contributed by atoms with van der Waals surface area (Å²) < 4.78 is 10.4. The minimum absolute atomic E-state index is 0.0708. The Bertz CT molecular complexity index is 1890. The molecule has 6 unspecified atom stereocenters. The highest BCUT2D eigenvalue weighted by molar-refractivity contribution is 5.80. The van der Waals surface area contributed by atoms with E-state index in [1.54, 1.807) is 0 Å². The Labute approximate surface area is 351 Å². The van der Waals surface area contributed by atoms with Gasteiger partial charge in [-0.1, -0.05) is 121 Å². The molecule has 8 heteroatoms. The first-order valence-corrected chi connectivity index (χ1v) is 21.8. The van der Waals surface area contributed by atoms with Crippen molar-refractivity contribution in [2.24, 2.45) is 11.8 Å². The fourth-order valence-electron chi connectivity index (χ4n) is 9.39. The van der Waals surface area contributed by atoms with Gasteiger partial charge in [0, 0.05) is 51.2 Å². The lowest BCUT2D eigenvalue weighted by molar-refractivity contribution is -0.142. The smallest absolute Gasteiger partial charge is 0.410 e. The molecule has 4 fully saturated rings. The number of amides is 1. The van der Waals surface area contributed by atoms with E-state index in [1.807, 2.05) is 71.6 Å². The second-order valence-corrected chi connectivity index (χ2v) is 16.7. The molecule has 2 aliphatic carbocycles. The molecular formula is C51H62N2O6. The summed E-state index contributed by atoms with van der Waals surface area (Å²) in [5, 5.41) is 3.66. The topological polar surface area (TPSA) is 102 Å². The van der Waals surface area contributed by atoms with Gasteiger partial charge in [0.2, 0.25) is 0 Å². The van der Waals surface area contributed by atoms with Gasteiger partial charge in [-0.3, -0.25) is 14.4 Å². The van der Waals surface area contributed by atoms with E-state index in [4.69, 9.17) is 9.47 Å². The van der Waals surface area contributed by atoms with Gasteiger partial charge in [-0.15, -0.1) is 0 Å². The molecule has 2 aliphatic heterocycles. The van der Waals surface area contributed by atoms with Gasteiger partial charge < -0.3 is 19.7 Å². The average Bonchev–Trinajstić information content (AvgIpc) is 3.29. The Morgan fingerprint density at radius 2 is 1.10 bits per heavy atom. The fraction of sp³-hybridized carbons (Fsp3) is 0.451. The number of ether oxygens (including phenoxy) is 2. The third-order valence-electron chi connectivity index (χ3n) is 12.5. The van der Waals surface area contributed by atoms with Gasteiger partial charge >= 0.3 is 12.1 Å². The van der Waals surface area contributed by atoms with Crippen LogP contribution in [0.2, 0.25) is 0 Å². The van der Waals surface area contributed by atoms with E-state index in [-0.39, 0.29) is 30.6 Å². The summed E-state index contributed by atoms with van der Waals surface area (Å²) in [7, 11) is 0. The van der Waals surface area contributed by atoms with Crippen molar-refractivity contribution in [3.8, 4) is 0 Å². The number of benzene rings is 4. The molecule has 0 spiro atoms. The predicted molar refractivity (Wildman–Crippen MR) is 232 cm³/mol. The van der Waals surface area contributed by atoms with E-state index in [9.17, 15) is 19.2 Å². The van der Waals surface area contributed by atoms with E-state index < -0.39 is 0 Å². The largest absolute Gasteiger partial charge is 0.461 e. The highest BCUT2D eigenvalue weighted by Crippen LogP contribution is 2.39. The molecule has 8 rings (SSSR count). The van der Waals surface area contributed by atoms with Crippen molar-refractivity contribution in [3.05, 3.63) is 144 Å². The maximum Gasteiger partial charge on any atom is 0.410 e. The minimum Gasteiger partial charge on any atom is -0.461 e. The molecular weight excluding hydrogens is 737 g/mol. The van der Waals surface area contributed by atoms with Gasteiger partial charge in [-0.25, -0.2) is 4.79 Å². The number of likely N-dealkylation sites (tertiary alicyclic amines) is 1. The van der Waals surface area contributed by atoms with Crippen molar-refractivity contribution >= 4 is 23.6 Å². The number of esters is 1. The van der Waals surface area contributed by atoms with Crippen molar-refractivity contribution in [2.75, 3.05) is 13.1 Å². The summed E-state index contributed by atoms with van der Waals surface area (Å²) in [6.45, 7) is 3.84. The predicted octanol–water partition coefficient (Wildman–Crippen LogP) is 10.4. The summed E-state index contributed by atoms with van der Waals surface area (Å²) >= 11 is 0. The molecule has 6 atom stereocenters. The minimum atomic E-state index is -0.247. The highest BCUT2D eigenvalue weighted by Gasteiger charge is 2.39. The number of hydrogen-bond acceptors (Lipinski definition) is 7. The summed E-state index contributed by atoms with van der Waals surface area (Å²) in [5.41, 5.74) is 4.81. The summed E-state index contributed by atoms with van der Waals surface area (Å²) in [4.78, 5) is 49.0. The van der Waals surface area contributed by atoms with Crippen LogP contribution >= 0.6 is 0 Å². The number of hydrogen-bond donors (Lipinski definition) is 1. The number of nitrogens with zero attached hydrogens (tertiary/aromatic N) is 1. The Kier molecular flexibility index (Phi) is 16.9. The standard InChI is InChI=1S/C25H29NO3.C17H23NO.C9H10O2/c27-23-13-7-12-22(16-23)24-17-21(20-10-5-2-6-11-20)14-15-26(24)25(28)29-18-19-8-3-1-4-9-19;19-16-8-4-7-15(11-16)17-12-14(9-10-18-17)13-5-2-1-3-6-13;1-8(10)11-7-9-5-3-2-4-6-9/h1-6,8-11,21-22,24H,7,12-18H2;1-3,5-6,14-15,17-18H,4,7-12H2;2-6H,7H2,1H3. The third-order valence-corrected chi connectivity index (χ3v) is 12.5. The van der Waals surface area contributed by atoms with Crippen LogP contribution in [0, 0.1) is 11.8 Å². The molecule has 0 bridgehead atoms. The van der Waals surface area contributed by atoms with E-state index in [1.165, 1.54) is 37.3 Å². The van der Waals surface area contributed by atoms with Gasteiger partial charge in [0.25, 0.3) is 0 Å². The van der Waals surface area contributed by atoms with Crippen LogP contribution in [0.25, 0.3) is 0 Å². The first kappa shape index (κ1) is 43.5. The van der Waals surface area contributed by atoms with Gasteiger partial charge in [-0.05, 0) is 104 Å². The van der Waals surface area contributed by atoms with E-state index >= 15 is 0 Å². The molecule has 4 aromatic carbocycles. The zero-order valence-electron chi connectivity index (χ0n) is 34.7. The van der Waals surface area contributed by atoms with Gasteiger partial charge in [0.15, 0.2) is 0 Å². The average molecular weight is 799 g/mol. The normalized spacial score (nSPS) is 24.3. The number of Topliss-reactive ketones (excluding diaryl/α,β-unsaturated/α-hetero) is 2. The van der Waals surface area contributed by atoms with Gasteiger partial charge in [0.1, 0.15) is 24.8 Å². The lowest BCUT2D eigenvalue weighted by atomic mass is 9.75. The summed E-state index contributed by atoms with van der Waals surface area (Å²) in [6.07, 6.45) is 11.2. The molecule has 312 valence electrons. The van der Waals surface area contributed by atoms with E-state index in [0.29, 0.717) is 61.4 Å². The SMILES string of the molecule is CC(=O)OCc1ccccc1.O=C1CCCC(C2CC(c3ccccc3)CCN2)C1.O=C1CCCC(C2CC(c3ccccc3)CCN2C(=O)OCc2ccccc2)C1. The van der Waals surface area contributed by atoms with Crippen molar-refractivity contribution < 1.29 is 28.7 Å². The van der Waals surface area contributed by atoms with Crippen LogP contribution in [0.1, 0.15) is 118 Å². The van der Waals surface area contributed by atoms with Crippen LogP contribution in [-0.4, -0.2) is 53.7 Å². The van der Waals surface area contributed by atoms with Crippen LogP contribution in [0.3, 0.4) is 0 Å². The number of carbonyl (C=O) groups is 4. The number of nitrogens with one attached hydrogen (secondary N) is 1. The first-order valence-electron chi connectivity index (χ1n) is 21.8. The zero-order valence-corrected chi connectivity index (χ0v) is 34.7. The Morgan fingerprint density at radius 3 is 1.64 bits per heavy atom. The van der Waals surface area contributed by atoms with Crippen LogP contribution in [0.5, 0.6) is 0 Å². The molecule has 1 amide bonds. The third kappa shape index (κ3) is 13.7. The lowest BCUT2D eigenvalue weighted by Crippen LogP contribution is -2.50. The van der Waals surface area contributed by atoms with Gasteiger partial charge in [-0.2, -0.15) is 0 Å². The Hall–Kier alpha value is -5.08. The van der Waals surface area contributed by atoms with Crippen LogP contribution in [0.15, 0.2) is 121 Å². The lowest BCUT2D eigenvalue weighted by Gasteiger charge is -2.43. The molecule has 2 saturated heterocycles. The molecule has 59 heavy (non-hydrogen) atoms. The second-order valence-electron chi connectivity index (χ2n) is 16.7. The zero-order chi connectivity index (χ0) is 41.2. The molecule has 4 aliphatic rings. The molecule has 8 nitrogen and oxygen atoms in total. The fourth-order valence-corrected chi connectivity index (χ4v) is 9.39. The van der Waals surface area contributed by atoms with Crippen LogP contribution in [-0.2, 0) is 37.1 Å². The van der Waals surface area contributed by atoms with E-state index in [2.05, 4.69) is 59.9 Å². The highest BCUT2D eigenvalue weighted by atomic mass is 16.6. The Morgan fingerprint density at radius 1 is 0.610 bits per heavy atom.